The minimum Gasteiger partial charge on any atom is -0.367 e. The molecule has 0 spiro atoms. The molecule has 1 fully saturated rings. The van der Waals surface area contributed by atoms with Crippen molar-refractivity contribution in [3.8, 4) is 0 Å². The quantitative estimate of drug-likeness (QED) is 0.826. The third-order valence-electron chi connectivity index (χ3n) is 3.20. The van der Waals surface area contributed by atoms with Crippen molar-refractivity contribution in [2.45, 2.75) is 25.0 Å². The van der Waals surface area contributed by atoms with Crippen molar-refractivity contribution in [1.29, 1.82) is 0 Å². The molecule has 4 nitrogen and oxygen atoms in total. The Morgan fingerprint density at radius 3 is 2.61 bits per heavy atom. The highest BCUT2D eigenvalue weighted by atomic mass is 16.5. The molecule has 0 aromatic heterocycles. The Morgan fingerprint density at radius 1 is 1.44 bits per heavy atom. The van der Waals surface area contributed by atoms with Gasteiger partial charge in [0.1, 0.15) is 0 Å². The van der Waals surface area contributed by atoms with E-state index in [1.54, 1.807) is 7.11 Å². The highest BCUT2D eigenvalue weighted by Gasteiger charge is 2.35. The summed E-state index contributed by atoms with van der Waals surface area (Å²) in [5.41, 5.74) is 6.47. The zero-order valence-electron chi connectivity index (χ0n) is 10.7. The van der Waals surface area contributed by atoms with Crippen LogP contribution in [0.5, 0.6) is 0 Å². The van der Waals surface area contributed by atoms with Crippen molar-refractivity contribution in [2.75, 3.05) is 20.2 Å². The molecule has 98 valence electrons. The molecular weight excluding hydrogens is 228 g/mol. The maximum absolute atomic E-state index is 12.5. The molecule has 18 heavy (non-hydrogen) atoms. The molecule has 1 aromatic carbocycles. The van der Waals surface area contributed by atoms with E-state index >= 15 is 0 Å². The number of benzene rings is 1. The lowest BCUT2D eigenvalue weighted by Crippen LogP contribution is -2.40. The van der Waals surface area contributed by atoms with Gasteiger partial charge in [-0.15, -0.1) is 0 Å². The monoisotopic (exact) mass is 248 g/mol. The Kier molecular flexibility index (Phi) is 4.33. The number of carbonyl (C=O) groups is 1. The molecule has 0 saturated heterocycles. The Morgan fingerprint density at radius 2 is 2.11 bits per heavy atom. The normalized spacial score (nSPS) is 16.3. The average Bonchev–Trinajstić information content (AvgIpc) is 3.22. The van der Waals surface area contributed by atoms with E-state index in [0.717, 1.165) is 18.4 Å². The van der Waals surface area contributed by atoms with Crippen LogP contribution in [0.1, 0.15) is 24.5 Å². The van der Waals surface area contributed by atoms with Gasteiger partial charge in [0.25, 0.3) is 5.91 Å². The van der Waals surface area contributed by atoms with Gasteiger partial charge in [0.2, 0.25) is 0 Å². The molecule has 4 heteroatoms. The first-order chi connectivity index (χ1) is 8.77. The fourth-order valence-electron chi connectivity index (χ4n) is 2.16. The van der Waals surface area contributed by atoms with E-state index in [-0.39, 0.29) is 5.91 Å². The summed E-state index contributed by atoms with van der Waals surface area (Å²) in [4.78, 5) is 14.4. The van der Waals surface area contributed by atoms with E-state index in [9.17, 15) is 4.79 Å². The van der Waals surface area contributed by atoms with Crippen LogP contribution in [0.2, 0.25) is 0 Å². The van der Waals surface area contributed by atoms with E-state index in [1.807, 2.05) is 35.2 Å². The number of nitrogens with zero attached hydrogens (tertiary/aromatic N) is 1. The summed E-state index contributed by atoms with van der Waals surface area (Å²) >= 11 is 0. The fourth-order valence-corrected chi connectivity index (χ4v) is 2.16. The minimum atomic E-state index is -0.515. The van der Waals surface area contributed by atoms with Gasteiger partial charge >= 0.3 is 0 Å². The van der Waals surface area contributed by atoms with E-state index in [2.05, 4.69) is 0 Å². The van der Waals surface area contributed by atoms with Crippen LogP contribution in [0, 0.1) is 0 Å². The van der Waals surface area contributed by atoms with Crippen LogP contribution >= 0.6 is 0 Å². The van der Waals surface area contributed by atoms with Gasteiger partial charge in [0.05, 0.1) is 0 Å². The molecule has 1 saturated carbocycles. The van der Waals surface area contributed by atoms with Crippen LogP contribution in [-0.4, -0.2) is 37.0 Å². The number of carbonyl (C=O) groups excluding carboxylic acids is 1. The lowest BCUT2D eigenvalue weighted by molar-refractivity contribution is -0.142. The first kappa shape index (κ1) is 13.1. The molecular formula is C14H20N2O2. The predicted molar refractivity (Wildman–Crippen MR) is 70.0 cm³/mol. The fraction of sp³-hybridized carbons (Fsp3) is 0.500. The van der Waals surface area contributed by atoms with Crippen LogP contribution in [0.4, 0.5) is 0 Å². The van der Waals surface area contributed by atoms with Gasteiger partial charge in [-0.2, -0.15) is 0 Å². The molecule has 0 bridgehead atoms. The van der Waals surface area contributed by atoms with Crippen LogP contribution in [-0.2, 0) is 9.53 Å². The summed E-state index contributed by atoms with van der Waals surface area (Å²) in [6, 6.07) is 9.96. The standard InChI is InChI=1S/C14H20N2O2/c1-18-13(11-5-3-2-4-6-11)14(17)16(10-9-15)12-7-8-12/h2-6,12-13H,7-10,15H2,1H3. The molecule has 1 aliphatic carbocycles. The summed E-state index contributed by atoms with van der Waals surface area (Å²) in [7, 11) is 1.57. The maximum atomic E-state index is 12.5. The molecule has 0 aliphatic heterocycles. The Balaban J connectivity index is 2.13. The van der Waals surface area contributed by atoms with Gasteiger partial charge in [-0.25, -0.2) is 0 Å². The molecule has 0 heterocycles. The largest absolute Gasteiger partial charge is 0.367 e. The third-order valence-corrected chi connectivity index (χ3v) is 3.20. The zero-order valence-corrected chi connectivity index (χ0v) is 10.7. The van der Waals surface area contributed by atoms with E-state index in [0.29, 0.717) is 19.1 Å². The minimum absolute atomic E-state index is 0.0247. The number of nitrogens with two attached hydrogens (primary N) is 1. The van der Waals surface area contributed by atoms with Gasteiger partial charge in [-0.05, 0) is 18.4 Å². The number of amides is 1. The summed E-state index contributed by atoms with van der Waals surface area (Å²) in [6.45, 7) is 1.10. The molecule has 2 N–H and O–H groups in total. The van der Waals surface area contributed by atoms with Crippen LogP contribution in [0.15, 0.2) is 30.3 Å². The molecule has 1 unspecified atom stereocenters. The highest BCUT2D eigenvalue weighted by molar-refractivity contribution is 5.83. The van der Waals surface area contributed by atoms with Gasteiger partial charge in [0, 0.05) is 26.2 Å². The summed E-state index contributed by atoms with van der Waals surface area (Å²) < 4.78 is 5.37. The summed E-state index contributed by atoms with van der Waals surface area (Å²) in [5, 5.41) is 0. The highest BCUT2D eigenvalue weighted by Crippen LogP contribution is 2.30. The number of rotatable bonds is 6. The smallest absolute Gasteiger partial charge is 0.256 e. The summed E-state index contributed by atoms with van der Waals surface area (Å²) in [6.07, 6.45) is 1.65. The Bertz CT molecular complexity index is 390. The van der Waals surface area contributed by atoms with Gasteiger partial charge in [0.15, 0.2) is 6.10 Å². The molecule has 1 aliphatic rings. The average molecular weight is 248 g/mol. The number of methoxy groups -OCH3 is 1. The van der Waals surface area contributed by atoms with E-state index < -0.39 is 6.10 Å². The molecule has 1 aromatic rings. The van der Waals surface area contributed by atoms with E-state index in [1.165, 1.54) is 0 Å². The van der Waals surface area contributed by atoms with E-state index in [4.69, 9.17) is 10.5 Å². The van der Waals surface area contributed by atoms with Gasteiger partial charge < -0.3 is 15.4 Å². The second-order valence-corrected chi connectivity index (χ2v) is 4.58. The first-order valence-electron chi connectivity index (χ1n) is 6.36. The third kappa shape index (κ3) is 2.89. The van der Waals surface area contributed by atoms with Crippen molar-refractivity contribution >= 4 is 5.91 Å². The van der Waals surface area contributed by atoms with Crippen molar-refractivity contribution in [1.82, 2.24) is 4.90 Å². The molecule has 1 atom stereocenters. The zero-order chi connectivity index (χ0) is 13.0. The van der Waals surface area contributed by atoms with Crippen LogP contribution < -0.4 is 5.73 Å². The summed E-state index contributed by atoms with van der Waals surface area (Å²) in [5.74, 6) is 0.0247. The van der Waals surface area contributed by atoms with Crippen molar-refractivity contribution in [2.24, 2.45) is 5.73 Å². The van der Waals surface area contributed by atoms with Crippen molar-refractivity contribution in [3.05, 3.63) is 35.9 Å². The number of ether oxygens (including phenoxy) is 1. The lowest BCUT2D eigenvalue weighted by Gasteiger charge is -2.26. The molecule has 0 radical (unpaired) electrons. The molecule has 2 rings (SSSR count). The van der Waals surface area contributed by atoms with Crippen molar-refractivity contribution in [3.63, 3.8) is 0 Å². The lowest BCUT2D eigenvalue weighted by atomic mass is 10.1. The topological polar surface area (TPSA) is 55.6 Å². The molecule has 1 amide bonds. The van der Waals surface area contributed by atoms with Crippen LogP contribution in [0.25, 0.3) is 0 Å². The van der Waals surface area contributed by atoms with Gasteiger partial charge in [-0.3, -0.25) is 4.79 Å². The second-order valence-electron chi connectivity index (χ2n) is 4.58. The van der Waals surface area contributed by atoms with Crippen LogP contribution in [0.3, 0.4) is 0 Å². The second kappa shape index (κ2) is 5.98. The Hall–Kier alpha value is -1.39. The van der Waals surface area contributed by atoms with Gasteiger partial charge in [-0.1, -0.05) is 30.3 Å². The predicted octanol–water partition coefficient (Wildman–Crippen LogP) is 1.32. The van der Waals surface area contributed by atoms with Crippen molar-refractivity contribution < 1.29 is 9.53 Å². The Labute approximate surface area is 108 Å². The SMILES string of the molecule is COC(C(=O)N(CCN)C1CC1)c1ccccc1. The number of hydrogen-bond acceptors (Lipinski definition) is 3. The first-order valence-corrected chi connectivity index (χ1v) is 6.36. The number of hydrogen-bond donors (Lipinski definition) is 1. The maximum Gasteiger partial charge on any atom is 0.256 e.